The first-order valence-corrected chi connectivity index (χ1v) is 10.6. The van der Waals surface area contributed by atoms with Crippen LogP contribution in [0.15, 0.2) is 73.3 Å². The first kappa shape index (κ1) is 20.2. The third-order valence-corrected chi connectivity index (χ3v) is 5.85. The monoisotopic (exact) mass is 400 g/mol. The Balaban J connectivity index is 1.56. The van der Waals surface area contributed by atoms with Crippen LogP contribution in [0, 0.1) is 5.41 Å². The normalized spacial score (nSPS) is 19.0. The van der Waals surface area contributed by atoms with E-state index in [0.717, 1.165) is 43.6 Å². The predicted molar refractivity (Wildman–Crippen MR) is 119 cm³/mol. The summed E-state index contributed by atoms with van der Waals surface area (Å²) in [5.41, 5.74) is 4.19. The highest BCUT2D eigenvalue weighted by atomic mass is 16.2. The van der Waals surface area contributed by atoms with Gasteiger partial charge in [-0.15, -0.1) is 0 Å². The molecule has 5 heteroatoms. The minimum atomic E-state index is -0.411. The fourth-order valence-electron chi connectivity index (χ4n) is 4.39. The van der Waals surface area contributed by atoms with Gasteiger partial charge in [0.25, 0.3) is 0 Å². The van der Waals surface area contributed by atoms with Crippen LogP contribution in [0.25, 0.3) is 11.1 Å². The van der Waals surface area contributed by atoms with Crippen LogP contribution in [-0.4, -0.2) is 40.4 Å². The zero-order valence-electron chi connectivity index (χ0n) is 17.4. The summed E-state index contributed by atoms with van der Waals surface area (Å²) in [6.45, 7) is 5.12. The number of amides is 1. The molecule has 5 nitrogen and oxygen atoms in total. The second-order valence-electron chi connectivity index (χ2n) is 8.08. The summed E-state index contributed by atoms with van der Waals surface area (Å²) in [5.74, 6) is 0.158. The standard InChI is InChI=1S/C25H28N4O/c1-2-28-24(30)25(10-13-29(19-25)18-21-7-4-11-26-16-21)15-20-6-3-8-22(14-20)23-9-5-12-27-17-23/h3-9,11-12,14,16-17H,2,10,13,15,18-19H2,1H3,(H,28,30)/t25-/m0/s1. The zero-order valence-corrected chi connectivity index (χ0v) is 17.4. The number of likely N-dealkylation sites (tertiary alicyclic amines) is 1. The summed E-state index contributed by atoms with van der Waals surface area (Å²) in [6, 6.07) is 16.6. The average molecular weight is 401 g/mol. The van der Waals surface area contributed by atoms with Crippen molar-refractivity contribution in [1.29, 1.82) is 0 Å². The van der Waals surface area contributed by atoms with Crippen molar-refractivity contribution in [3.8, 4) is 11.1 Å². The molecule has 1 N–H and O–H groups in total. The lowest BCUT2D eigenvalue weighted by Crippen LogP contribution is -2.44. The summed E-state index contributed by atoms with van der Waals surface area (Å²) in [5, 5.41) is 3.09. The van der Waals surface area contributed by atoms with Gasteiger partial charge in [0.1, 0.15) is 0 Å². The lowest BCUT2D eigenvalue weighted by atomic mass is 9.79. The van der Waals surface area contributed by atoms with Gasteiger partial charge in [-0.25, -0.2) is 0 Å². The molecule has 0 unspecified atom stereocenters. The number of rotatable bonds is 7. The van der Waals surface area contributed by atoms with E-state index in [1.807, 2.05) is 31.5 Å². The average Bonchev–Trinajstić information content (AvgIpc) is 3.19. The Hall–Kier alpha value is -3.05. The van der Waals surface area contributed by atoms with Gasteiger partial charge in [0.2, 0.25) is 5.91 Å². The fourth-order valence-corrected chi connectivity index (χ4v) is 4.39. The minimum Gasteiger partial charge on any atom is -0.356 e. The second kappa shape index (κ2) is 9.18. The Morgan fingerprint density at radius 3 is 2.53 bits per heavy atom. The van der Waals surface area contributed by atoms with Crippen molar-refractivity contribution < 1.29 is 4.79 Å². The molecule has 0 spiro atoms. The van der Waals surface area contributed by atoms with E-state index in [-0.39, 0.29) is 5.91 Å². The Labute approximate surface area is 178 Å². The quantitative estimate of drug-likeness (QED) is 0.657. The van der Waals surface area contributed by atoms with Crippen molar-refractivity contribution in [3.05, 3.63) is 84.4 Å². The molecule has 1 atom stereocenters. The molecular formula is C25H28N4O. The summed E-state index contributed by atoms with van der Waals surface area (Å²) in [7, 11) is 0. The number of hydrogen-bond donors (Lipinski definition) is 1. The molecule has 30 heavy (non-hydrogen) atoms. The second-order valence-corrected chi connectivity index (χ2v) is 8.08. The molecule has 0 bridgehead atoms. The smallest absolute Gasteiger partial charge is 0.227 e. The van der Waals surface area contributed by atoms with Crippen molar-refractivity contribution >= 4 is 5.91 Å². The van der Waals surface area contributed by atoms with E-state index in [0.29, 0.717) is 6.54 Å². The maximum atomic E-state index is 13.2. The lowest BCUT2D eigenvalue weighted by Gasteiger charge is -2.28. The molecule has 3 aromatic rings. The Morgan fingerprint density at radius 1 is 1.03 bits per heavy atom. The molecule has 1 aliphatic rings. The van der Waals surface area contributed by atoms with Gasteiger partial charge in [0.05, 0.1) is 5.41 Å². The van der Waals surface area contributed by atoms with E-state index in [4.69, 9.17) is 0 Å². The number of benzene rings is 1. The zero-order chi connectivity index (χ0) is 20.8. The lowest BCUT2D eigenvalue weighted by molar-refractivity contribution is -0.130. The minimum absolute atomic E-state index is 0.158. The molecule has 4 rings (SSSR count). The molecule has 1 aliphatic heterocycles. The highest BCUT2D eigenvalue weighted by Gasteiger charge is 2.44. The van der Waals surface area contributed by atoms with E-state index >= 15 is 0 Å². The van der Waals surface area contributed by atoms with Crippen LogP contribution in [0.2, 0.25) is 0 Å². The van der Waals surface area contributed by atoms with Crippen LogP contribution in [0.1, 0.15) is 24.5 Å². The van der Waals surface area contributed by atoms with E-state index in [9.17, 15) is 4.79 Å². The number of carbonyl (C=O) groups excluding carboxylic acids is 1. The van der Waals surface area contributed by atoms with Crippen molar-refractivity contribution in [2.45, 2.75) is 26.3 Å². The molecule has 2 aromatic heterocycles. The van der Waals surface area contributed by atoms with Crippen LogP contribution in [0.5, 0.6) is 0 Å². The maximum absolute atomic E-state index is 13.2. The van der Waals surface area contributed by atoms with Crippen LogP contribution in [0.3, 0.4) is 0 Å². The van der Waals surface area contributed by atoms with Crippen LogP contribution < -0.4 is 5.32 Å². The molecule has 1 aromatic carbocycles. The maximum Gasteiger partial charge on any atom is 0.227 e. The van der Waals surface area contributed by atoms with Gasteiger partial charge >= 0.3 is 0 Å². The van der Waals surface area contributed by atoms with Gasteiger partial charge in [-0.2, -0.15) is 0 Å². The molecule has 0 saturated carbocycles. The molecule has 1 fully saturated rings. The SMILES string of the molecule is CCNC(=O)[C@]1(Cc2cccc(-c3cccnc3)c2)CCN(Cc2cccnc2)C1. The van der Waals surface area contributed by atoms with E-state index in [1.54, 1.807) is 12.4 Å². The number of nitrogens with zero attached hydrogens (tertiary/aromatic N) is 3. The molecule has 0 radical (unpaired) electrons. The van der Waals surface area contributed by atoms with Gasteiger partial charge in [0, 0.05) is 44.4 Å². The topological polar surface area (TPSA) is 58.1 Å². The largest absolute Gasteiger partial charge is 0.356 e. The molecular weight excluding hydrogens is 372 g/mol. The van der Waals surface area contributed by atoms with Crippen molar-refractivity contribution in [1.82, 2.24) is 20.2 Å². The summed E-state index contributed by atoms with van der Waals surface area (Å²) in [6.07, 6.45) is 8.95. The Kier molecular flexibility index (Phi) is 6.19. The van der Waals surface area contributed by atoms with Gasteiger partial charge in [-0.1, -0.05) is 36.4 Å². The summed E-state index contributed by atoms with van der Waals surface area (Å²) >= 11 is 0. The number of pyridine rings is 2. The summed E-state index contributed by atoms with van der Waals surface area (Å²) < 4.78 is 0. The fraction of sp³-hybridized carbons (Fsp3) is 0.320. The Morgan fingerprint density at radius 2 is 1.80 bits per heavy atom. The number of aromatic nitrogens is 2. The van der Waals surface area contributed by atoms with E-state index < -0.39 is 5.41 Å². The molecule has 154 valence electrons. The molecule has 0 aliphatic carbocycles. The highest BCUT2D eigenvalue weighted by Crippen LogP contribution is 2.36. The molecule has 1 amide bonds. The molecule has 3 heterocycles. The number of nitrogens with one attached hydrogen (secondary N) is 1. The van der Waals surface area contributed by atoms with Gasteiger partial charge in [-0.3, -0.25) is 19.7 Å². The van der Waals surface area contributed by atoms with Crippen molar-refractivity contribution in [3.63, 3.8) is 0 Å². The third-order valence-electron chi connectivity index (χ3n) is 5.85. The number of carbonyl (C=O) groups is 1. The third kappa shape index (κ3) is 4.57. The predicted octanol–water partition coefficient (Wildman–Crippen LogP) is 3.71. The highest BCUT2D eigenvalue weighted by molar-refractivity contribution is 5.83. The van der Waals surface area contributed by atoms with Gasteiger partial charge < -0.3 is 5.32 Å². The van der Waals surface area contributed by atoms with Gasteiger partial charge in [0.15, 0.2) is 0 Å². The van der Waals surface area contributed by atoms with Crippen molar-refractivity contribution in [2.75, 3.05) is 19.6 Å². The van der Waals surface area contributed by atoms with Crippen LogP contribution in [0.4, 0.5) is 0 Å². The van der Waals surface area contributed by atoms with E-state index in [1.165, 1.54) is 11.1 Å². The first-order valence-electron chi connectivity index (χ1n) is 10.6. The Bertz CT molecular complexity index is 977. The number of hydrogen-bond acceptors (Lipinski definition) is 4. The summed E-state index contributed by atoms with van der Waals surface area (Å²) in [4.78, 5) is 24.0. The van der Waals surface area contributed by atoms with E-state index in [2.05, 4.69) is 56.6 Å². The van der Waals surface area contributed by atoms with Gasteiger partial charge in [-0.05, 0) is 60.7 Å². The van der Waals surface area contributed by atoms with Crippen LogP contribution >= 0.6 is 0 Å². The first-order chi connectivity index (χ1) is 14.7. The van der Waals surface area contributed by atoms with Crippen molar-refractivity contribution in [2.24, 2.45) is 5.41 Å². The molecule has 1 saturated heterocycles. The van der Waals surface area contributed by atoms with Crippen LogP contribution in [-0.2, 0) is 17.8 Å².